The molecule has 36 heavy (non-hydrogen) atoms. The van der Waals surface area contributed by atoms with Gasteiger partial charge in [0.2, 0.25) is 5.41 Å². The molecule has 0 aliphatic carbocycles. The first kappa shape index (κ1) is 28.6. The highest BCUT2D eigenvalue weighted by atomic mass is 19.4. The van der Waals surface area contributed by atoms with Gasteiger partial charge in [0.05, 0.1) is 0 Å². The van der Waals surface area contributed by atoms with Crippen LogP contribution in [0.4, 0.5) is 26.3 Å². The van der Waals surface area contributed by atoms with Crippen molar-refractivity contribution >= 4 is 0 Å². The van der Waals surface area contributed by atoms with Crippen LogP contribution in [0.3, 0.4) is 0 Å². The smallest absolute Gasteiger partial charge is 0.411 e. The molecular formula is C28H26F6O2. The van der Waals surface area contributed by atoms with Crippen molar-refractivity contribution in [2.45, 2.75) is 38.5 Å². The Bertz CT molecular complexity index is 1120. The number of allylic oxidation sites excluding steroid dienone is 7. The van der Waals surface area contributed by atoms with Crippen LogP contribution >= 0.6 is 0 Å². The molecule has 0 heterocycles. The molecule has 0 saturated carbocycles. The first-order chi connectivity index (χ1) is 16.9. The molecule has 0 radical (unpaired) electrons. The maximum absolute atomic E-state index is 14.4. The number of ether oxygens (including phenoxy) is 2. The van der Waals surface area contributed by atoms with E-state index in [1.54, 1.807) is 51.2 Å². The SMILES string of the molecule is C=C/C=C(\C=C/C)Oc1ccc(C(c2ccc(OC(/C=C\C)=C/C)cc2)(C(F)(F)F)C(F)(F)F)cc1. The van der Waals surface area contributed by atoms with Crippen LogP contribution in [0, 0.1) is 0 Å². The Hall–Kier alpha value is -3.68. The summed E-state index contributed by atoms with van der Waals surface area (Å²) in [6.07, 6.45) is -0.321. The molecule has 2 rings (SSSR count). The Morgan fingerprint density at radius 2 is 1.06 bits per heavy atom. The summed E-state index contributed by atoms with van der Waals surface area (Å²) in [5.74, 6) is 0.862. The fourth-order valence-corrected chi connectivity index (χ4v) is 3.56. The quantitative estimate of drug-likeness (QED) is 0.191. The molecule has 192 valence electrons. The van der Waals surface area contributed by atoms with E-state index in [-0.39, 0.29) is 11.5 Å². The average molecular weight is 509 g/mol. The number of rotatable bonds is 9. The van der Waals surface area contributed by atoms with Crippen LogP contribution in [0.5, 0.6) is 11.5 Å². The van der Waals surface area contributed by atoms with Crippen LogP contribution in [0.15, 0.2) is 109 Å². The van der Waals surface area contributed by atoms with Crippen LogP contribution in [0.2, 0.25) is 0 Å². The second-order valence-electron chi connectivity index (χ2n) is 7.49. The summed E-state index contributed by atoms with van der Waals surface area (Å²) in [5, 5.41) is 0. The Balaban J connectivity index is 2.61. The Labute approximate surface area is 206 Å². The van der Waals surface area contributed by atoms with Gasteiger partial charge in [-0.25, -0.2) is 0 Å². The molecule has 0 aromatic heterocycles. The van der Waals surface area contributed by atoms with Crippen molar-refractivity contribution in [3.05, 3.63) is 120 Å². The highest BCUT2D eigenvalue weighted by Gasteiger charge is 2.72. The van der Waals surface area contributed by atoms with E-state index < -0.39 is 28.9 Å². The van der Waals surface area contributed by atoms with E-state index in [0.717, 1.165) is 48.5 Å². The first-order valence-corrected chi connectivity index (χ1v) is 10.9. The average Bonchev–Trinajstić information content (AvgIpc) is 2.80. The lowest BCUT2D eigenvalue weighted by molar-refractivity contribution is -0.288. The molecule has 0 aliphatic heterocycles. The van der Waals surface area contributed by atoms with Crippen LogP contribution in [-0.4, -0.2) is 12.4 Å². The molecule has 0 fully saturated rings. The first-order valence-electron chi connectivity index (χ1n) is 10.9. The van der Waals surface area contributed by atoms with E-state index in [0.29, 0.717) is 11.5 Å². The molecule has 0 atom stereocenters. The lowest BCUT2D eigenvalue weighted by atomic mass is 9.73. The van der Waals surface area contributed by atoms with E-state index >= 15 is 0 Å². The van der Waals surface area contributed by atoms with Crippen molar-refractivity contribution in [1.29, 1.82) is 0 Å². The van der Waals surface area contributed by atoms with Gasteiger partial charge in [0, 0.05) is 0 Å². The summed E-state index contributed by atoms with van der Waals surface area (Å²) in [5.41, 5.74) is -6.25. The molecule has 0 aliphatic rings. The fraction of sp³-hybridized carbons (Fsp3) is 0.214. The molecule has 0 spiro atoms. The molecule has 0 bridgehead atoms. The van der Waals surface area contributed by atoms with Crippen molar-refractivity contribution in [3.8, 4) is 11.5 Å². The minimum Gasteiger partial charge on any atom is -0.458 e. The van der Waals surface area contributed by atoms with Gasteiger partial charge in [0.1, 0.15) is 23.0 Å². The van der Waals surface area contributed by atoms with Gasteiger partial charge in [-0.05, 0) is 80.5 Å². The van der Waals surface area contributed by atoms with Gasteiger partial charge >= 0.3 is 12.4 Å². The second-order valence-corrected chi connectivity index (χ2v) is 7.49. The van der Waals surface area contributed by atoms with E-state index in [4.69, 9.17) is 9.47 Å². The monoisotopic (exact) mass is 508 g/mol. The summed E-state index contributed by atoms with van der Waals surface area (Å²) in [4.78, 5) is 0. The number of alkyl halides is 6. The van der Waals surface area contributed by atoms with Crippen molar-refractivity contribution < 1.29 is 35.8 Å². The fourth-order valence-electron chi connectivity index (χ4n) is 3.56. The minimum absolute atomic E-state index is 0.0646. The third-order valence-corrected chi connectivity index (χ3v) is 5.12. The molecule has 0 unspecified atom stereocenters. The minimum atomic E-state index is -5.70. The second kappa shape index (κ2) is 11.8. The molecule has 0 N–H and O–H groups in total. The Morgan fingerprint density at radius 1 is 0.667 bits per heavy atom. The van der Waals surface area contributed by atoms with Crippen molar-refractivity contribution in [2.24, 2.45) is 0 Å². The van der Waals surface area contributed by atoms with Gasteiger partial charge < -0.3 is 9.47 Å². The Kier molecular flexibility index (Phi) is 9.39. The van der Waals surface area contributed by atoms with Crippen LogP contribution in [-0.2, 0) is 5.41 Å². The molecule has 2 aromatic carbocycles. The van der Waals surface area contributed by atoms with E-state index in [1.165, 1.54) is 12.2 Å². The summed E-state index contributed by atoms with van der Waals surface area (Å²) in [7, 11) is 0. The van der Waals surface area contributed by atoms with Gasteiger partial charge in [0.15, 0.2) is 0 Å². The zero-order valence-electron chi connectivity index (χ0n) is 20.0. The van der Waals surface area contributed by atoms with Gasteiger partial charge in [-0.15, -0.1) is 0 Å². The van der Waals surface area contributed by atoms with Crippen LogP contribution in [0.1, 0.15) is 31.9 Å². The predicted molar refractivity (Wildman–Crippen MR) is 129 cm³/mol. The van der Waals surface area contributed by atoms with Crippen molar-refractivity contribution in [1.82, 2.24) is 0 Å². The highest BCUT2D eigenvalue weighted by Crippen LogP contribution is 2.56. The number of hydrogen-bond acceptors (Lipinski definition) is 2. The number of benzene rings is 2. The number of halogens is 6. The third-order valence-electron chi connectivity index (χ3n) is 5.12. The summed E-state index contributed by atoms with van der Waals surface area (Å²) < 4.78 is 97.4. The van der Waals surface area contributed by atoms with Crippen LogP contribution in [0.25, 0.3) is 0 Å². The zero-order chi connectivity index (χ0) is 27.0. The van der Waals surface area contributed by atoms with Gasteiger partial charge in [0.25, 0.3) is 0 Å². The zero-order valence-corrected chi connectivity index (χ0v) is 20.0. The molecule has 0 amide bonds. The normalized spacial score (nSPS) is 13.9. The van der Waals surface area contributed by atoms with Crippen molar-refractivity contribution in [3.63, 3.8) is 0 Å². The largest absolute Gasteiger partial charge is 0.458 e. The third kappa shape index (κ3) is 6.11. The lowest BCUT2D eigenvalue weighted by Crippen LogP contribution is -2.54. The Morgan fingerprint density at radius 3 is 1.39 bits per heavy atom. The van der Waals surface area contributed by atoms with E-state index in [1.807, 2.05) is 0 Å². The standard InChI is InChI=1S/C28H26F6O2/c1-5-9-22(8-4)35-24-16-12-20(13-17-24)26(27(29,30)31,28(32,33)34)21-14-18-25(19-15-21)36-23(10-6-2)11-7-3/h5-19H,2H2,1,3-4H3/b9-5-,11-7-,22-8+,23-10+. The summed E-state index contributed by atoms with van der Waals surface area (Å²) in [6.45, 7) is 8.69. The molecule has 0 saturated heterocycles. The summed E-state index contributed by atoms with van der Waals surface area (Å²) >= 11 is 0. The van der Waals surface area contributed by atoms with Crippen molar-refractivity contribution in [2.75, 3.05) is 0 Å². The van der Waals surface area contributed by atoms with E-state index in [9.17, 15) is 26.3 Å². The van der Waals surface area contributed by atoms with E-state index in [2.05, 4.69) is 6.58 Å². The maximum atomic E-state index is 14.4. The topological polar surface area (TPSA) is 18.5 Å². The molecular weight excluding hydrogens is 482 g/mol. The lowest BCUT2D eigenvalue weighted by Gasteiger charge is -2.38. The maximum Gasteiger partial charge on any atom is 0.411 e. The highest BCUT2D eigenvalue weighted by molar-refractivity contribution is 5.47. The number of hydrogen-bond donors (Lipinski definition) is 0. The predicted octanol–water partition coefficient (Wildman–Crippen LogP) is 8.98. The van der Waals surface area contributed by atoms with Crippen LogP contribution < -0.4 is 9.47 Å². The van der Waals surface area contributed by atoms with Gasteiger partial charge in [-0.2, -0.15) is 26.3 Å². The summed E-state index contributed by atoms with van der Waals surface area (Å²) in [6, 6.07) is 7.38. The molecule has 2 aromatic rings. The van der Waals surface area contributed by atoms with Gasteiger partial charge in [-0.3, -0.25) is 0 Å². The molecule has 2 nitrogen and oxygen atoms in total. The van der Waals surface area contributed by atoms with Gasteiger partial charge in [-0.1, -0.05) is 49.1 Å². The molecule has 8 heteroatoms.